The van der Waals surface area contributed by atoms with Gasteiger partial charge in [-0.25, -0.2) is 0 Å². The van der Waals surface area contributed by atoms with E-state index in [1.165, 1.54) is 0 Å². The van der Waals surface area contributed by atoms with E-state index in [0.717, 1.165) is 44.4 Å². The smallest absolute Gasteiger partial charge is 0.252 e. The van der Waals surface area contributed by atoms with Crippen molar-refractivity contribution in [3.63, 3.8) is 0 Å². The summed E-state index contributed by atoms with van der Waals surface area (Å²) < 4.78 is 1.94. The molecule has 1 aliphatic heterocycles. The van der Waals surface area contributed by atoms with Gasteiger partial charge in [-0.3, -0.25) is 9.59 Å². The first-order chi connectivity index (χ1) is 11.6. The molecule has 6 nitrogen and oxygen atoms in total. The number of nitrogens with one attached hydrogen (secondary N) is 1. The van der Waals surface area contributed by atoms with Crippen molar-refractivity contribution in [1.29, 1.82) is 0 Å². The molecule has 1 saturated heterocycles. The molecule has 0 aliphatic carbocycles. The number of pyridine rings is 1. The molecule has 0 unspecified atom stereocenters. The molecule has 0 spiro atoms. The summed E-state index contributed by atoms with van der Waals surface area (Å²) in [4.78, 5) is 25.8. The summed E-state index contributed by atoms with van der Waals surface area (Å²) in [5, 5.41) is 2.96. The number of hydrogen-bond acceptors (Lipinski definition) is 3. The molecule has 128 valence electrons. The Morgan fingerprint density at radius 2 is 2.21 bits per heavy atom. The van der Waals surface area contributed by atoms with Crippen LogP contribution in [0.2, 0.25) is 0 Å². The van der Waals surface area contributed by atoms with E-state index in [-0.39, 0.29) is 17.7 Å². The minimum absolute atomic E-state index is 0.0258. The highest BCUT2D eigenvalue weighted by Gasteiger charge is 2.23. The van der Waals surface area contributed by atoms with E-state index in [0.29, 0.717) is 12.1 Å². The third kappa shape index (κ3) is 3.94. The van der Waals surface area contributed by atoms with Crippen molar-refractivity contribution in [1.82, 2.24) is 14.6 Å². The van der Waals surface area contributed by atoms with Gasteiger partial charge in [0, 0.05) is 31.0 Å². The van der Waals surface area contributed by atoms with Gasteiger partial charge in [-0.05, 0) is 50.6 Å². The predicted molar refractivity (Wildman–Crippen MR) is 92.7 cm³/mol. The molecule has 24 heavy (non-hydrogen) atoms. The summed E-state index contributed by atoms with van der Waals surface area (Å²) in [5.41, 5.74) is 7.08. The van der Waals surface area contributed by atoms with Crippen LogP contribution < -0.4 is 11.1 Å². The van der Waals surface area contributed by atoms with Gasteiger partial charge < -0.3 is 20.4 Å². The van der Waals surface area contributed by atoms with Gasteiger partial charge >= 0.3 is 0 Å². The van der Waals surface area contributed by atoms with Crippen LogP contribution in [-0.2, 0) is 4.79 Å². The van der Waals surface area contributed by atoms with Gasteiger partial charge in [-0.1, -0.05) is 6.07 Å². The van der Waals surface area contributed by atoms with Crippen molar-refractivity contribution >= 4 is 17.3 Å². The molecule has 3 heterocycles. The monoisotopic (exact) mass is 328 g/mol. The van der Waals surface area contributed by atoms with Gasteiger partial charge in [-0.15, -0.1) is 0 Å². The number of piperidine rings is 1. The number of likely N-dealkylation sites (tertiary alicyclic amines) is 1. The lowest BCUT2D eigenvalue weighted by Gasteiger charge is -2.31. The summed E-state index contributed by atoms with van der Waals surface area (Å²) >= 11 is 0. The molecule has 6 heteroatoms. The van der Waals surface area contributed by atoms with Gasteiger partial charge in [-0.2, -0.15) is 0 Å². The van der Waals surface area contributed by atoms with Crippen LogP contribution in [0.4, 0.5) is 0 Å². The van der Waals surface area contributed by atoms with Gasteiger partial charge in [0.25, 0.3) is 5.91 Å². The maximum atomic E-state index is 12.2. The molecule has 1 atom stereocenters. The lowest BCUT2D eigenvalue weighted by atomic mass is 9.97. The molecular formula is C18H24N4O2. The third-order valence-electron chi connectivity index (χ3n) is 4.61. The Morgan fingerprint density at radius 1 is 1.33 bits per heavy atom. The molecular weight excluding hydrogens is 304 g/mol. The van der Waals surface area contributed by atoms with Crippen molar-refractivity contribution in [2.45, 2.75) is 19.3 Å². The zero-order valence-corrected chi connectivity index (χ0v) is 13.8. The van der Waals surface area contributed by atoms with Crippen molar-refractivity contribution < 1.29 is 9.59 Å². The average Bonchev–Trinajstić information content (AvgIpc) is 3.03. The van der Waals surface area contributed by atoms with Crippen molar-refractivity contribution in [3.05, 3.63) is 42.2 Å². The first kappa shape index (κ1) is 16.5. The molecule has 3 rings (SSSR count). The highest BCUT2D eigenvalue weighted by molar-refractivity contribution is 5.95. The molecule has 1 fully saturated rings. The number of aromatic nitrogens is 1. The number of rotatable bonds is 6. The fraction of sp³-hybridized carbons (Fsp3) is 0.444. The number of primary amides is 1. The van der Waals surface area contributed by atoms with Crippen molar-refractivity contribution in [2.24, 2.45) is 11.7 Å². The Labute approximate surface area is 141 Å². The normalized spacial score (nSPS) is 18.6. The first-order valence-electron chi connectivity index (χ1n) is 8.50. The van der Waals surface area contributed by atoms with Crippen LogP contribution in [0.3, 0.4) is 0 Å². The molecule has 2 amide bonds. The van der Waals surface area contributed by atoms with E-state index < -0.39 is 0 Å². The Morgan fingerprint density at radius 3 is 3.00 bits per heavy atom. The standard InChI is InChI=1S/C18H24N4O2/c19-17(23)14-5-3-8-21(12-14)9-4-7-20-18(24)15-11-16-6-1-2-10-22(16)13-15/h1-2,6,10-11,13-14H,3-5,7-9,12H2,(H2,19,23)(H,20,24)/t14-/m0/s1. The van der Waals surface area contributed by atoms with E-state index in [2.05, 4.69) is 10.2 Å². The number of nitrogens with zero attached hydrogens (tertiary/aromatic N) is 2. The summed E-state index contributed by atoms with van der Waals surface area (Å²) in [7, 11) is 0. The second kappa shape index (κ2) is 7.49. The number of carbonyl (C=O) groups is 2. The van der Waals surface area contributed by atoms with Crippen LogP contribution in [0.5, 0.6) is 0 Å². The van der Waals surface area contributed by atoms with Crippen LogP contribution in [-0.4, -0.2) is 47.3 Å². The van der Waals surface area contributed by atoms with Crippen LogP contribution in [0.1, 0.15) is 29.6 Å². The number of amides is 2. The van der Waals surface area contributed by atoms with E-state index in [4.69, 9.17) is 5.73 Å². The molecule has 2 aromatic heterocycles. The second-order valence-electron chi connectivity index (χ2n) is 6.41. The SMILES string of the molecule is NC(=O)[C@H]1CCCN(CCCNC(=O)c2cc3ccccn3c2)C1. The van der Waals surface area contributed by atoms with Crippen LogP contribution in [0.25, 0.3) is 5.52 Å². The minimum atomic E-state index is -0.200. The molecule has 0 saturated carbocycles. The predicted octanol–water partition coefficient (Wildman–Crippen LogP) is 1.26. The zero-order chi connectivity index (χ0) is 16.9. The Kier molecular flexibility index (Phi) is 5.15. The van der Waals surface area contributed by atoms with E-state index >= 15 is 0 Å². The number of nitrogens with two attached hydrogens (primary N) is 1. The highest BCUT2D eigenvalue weighted by atomic mass is 16.2. The molecule has 0 bridgehead atoms. The van der Waals surface area contributed by atoms with E-state index in [1.54, 1.807) is 0 Å². The topological polar surface area (TPSA) is 79.8 Å². The van der Waals surface area contributed by atoms with E-state index in [9.17, 15) is 9.59 Å². The maximum absolute atomic E-state index is 12.2. The van der Waals surface area contributed by atoms with Gasteiger partial charge in [0.05, 0.1) is 11.5 Å². The summed E-state index contributed by atoms with van der Waals surface area (Å²) in [5.74, 6) is -0.275. The minimum Gasteiger partial charge on any atom is -0.369 e. The molecule has 1 aliphatic rings. The number of fused-ring (bicyclic) bond motifs is 1. The molecule has 3 N–H and O–H groups in total. The van der Waals surface area contributed by atoms with Crippen LogP contribution >= 0.6 is 0 Å². The number of carbonyl (C=O) groups excluding carboxylic acids is 2. The van der Waals surface area contributed by atoms with Gasteiger partial charge in [0.2, 0.25) is 5.91 Å². The largest absolute Gasteiger partial charge is 0.369 e. The Hall–Kier alpha value is -2.34. The van der Waals surface area contributed by atoms with Crippen LogP contribution in [0, 0.1) is 5.92 Å². The lowest BCUT2D eigenvalue weighted by Crippen LogP contribution is -2.42. The summed E-state index contributed by atoms with van der Waals surface area (Å²) in [6.07, 6.45) is 6.54. The molecule has 0 aromatic carbocycles. The Balaban J connectivity index is 1.43. The maximum Gasteiger partial charge on any atom is 0.252 e. The zero-order valence-electron chi connectivity index (χ0n) is 13.8. The molecule has 0 radical (unpaired) electrons. The fourth-order valence-electron chi connectivity index (χ4n) is 3.28. The van der Waals surface area contributed by atoms with Gasteiger partial charge in [0.1, 0.15) is 0 Å². The second-order valence-corrected chi connectivity index (χ2v) is 6.41. The third-order valence-corrected chi connectivity index (χ3v) is 4.61. The number of hydrogen-bond donors (Lipinski definition) is 2. The summed E-state index contributed by atoms with van der Waals surface area (Å²) in [6, 6.07) is 7.75. The van der Waals surface area contributed by atoms with E-state index in [1.807, 2.05) is 41.1 Å². The average molecular weight is 328 g/mol. The highest BCUT2D eigenvalue weighted by Crippen LogP contribution is 2.16. The molecule has 2 aromatic rings. The Bertz CT molecular complexity index is 692. The van der Waals surface area contributed by atoms with Gasteiger partial charge in [0.15, 0.2) is 0 Å². The lowest BCUT2D eigenvalue weighted by molar-refractivity contribution is -0.123. The van der Waals surface area contributed by atoms with Crippen molar-refractivity contribution in [2.75, 3.05) is 26.2 Å². The quantitative estimate of drug-likeness (QED) is 0.784. The van der Waals surface area contributed by atoms with Crippen molar-refractivity contribution in [3.8, 4) is 0 Å². The van der Waals surface area contributed by atoms with Crippen LogP contribution in [0.15, 0.2) is 36.7 Å². The fourth-order valence-corrected chi connectivity index (χ4v) is 3.28. The first-order valence-corrected chi connectivity index (χ1v) is 8.50. The summed E-state index contributed by atoms with van der Waals surface area (Å²) in [6.45, 7) is 3.25.